The molecule has 1 heterocycles. The van der Waals surface area contributed by atoms with E-state index in [4.69, 9.17) is 10.5 Å². The van der Waals surface area contributed by atoms with E-state index in [9.17, 15) is 10.1 Å². The minimum atomic E-state index is -0.376. The Hall–Kier alpha value is -4.06. The number of allylic oxidation sites excluding steroid dienone is 2. The van der Waals surface area contributed by atoms with Gasteiger partial charge in [0.15, 0.2) is 11.4 Å². The molecule has 1 aliphatic carbocycles. The fourth-order valence-electron chi connectivity index (χ4n) is 3.18. The van der Waals surface area contributed by atoms with Crippen molar-refractivity contribution >= 4 is 38.3 Å². The molecule has 0 aliphatic heterocycles. The van der Waals surface area contributed by atoms with E-state index in [1.807, 2.05) is 12.1 Å². The lowest BCUT2D eigenvalue weighted by atomic mass is 9.86. The van der Waals surface area contributed by atoms with Crippen LogP contribution in [0.15, 0.2) is 52.4 Å². The fourth-order valence-corrected chi connectivity index (χ4v) is 3.71. The van der Waals surface area contributed by atoms with Gasteiger partial charge in [-0.05, 0) is 22.0 Å². The molecule has 0 radical (unpaired) electrons. The number of carbonyl (C=O) groups is 1. The number of nitrogens with one attached hydrogen (secondary N) is 1. The molecule has 130 valence electrons. The second kappa shape index (κ2) is 6.59. The van der Waals surface area contributed by atoms with Crippen LogP contribution < -0.4 is 5.32 Å². The SMILES string of the molecule is N#CC(C#N)=C(C#N)Nc1cc(Br)c2ncnc3c2c1C(=O)c1ccccc1-3. The minimum Gasteiger partial charge on any atom is -0.344 e. The van der Waals surface area contributed by atoms with E-state index in [1.54, 1.807) is 36.4 Å². The van der Waals surface area contributed by atoms with E-state index in [2.05, 4.69) is 31.2 Å². The van der Waals surface area contributed by atoms with Gasteiger partial charge in [0, 0.05) is 21.0 Å². The number of hydrogen-bond acceptors (Lipinski definition) is 7. The van der Waals surface area contributed by atoms with Gasteiger partial charge < -0.3 is 5.32 Å². The van der Waals surface area contributed by atoms with Gasteiger partial charge >= 0.3 is 0 Å². The average molecular weight is 427 g/mol. The second-order valence-electron chi connectivity index (χ2n) is 5.81. The molecule has 2 aromatic carbocycles. The fraction of sp³-hybridized carbons (Fsp3) is 0. The molecule has 0 atom stereocenters. The van der Waals surface area contributed by atoms with Gasteiger partial charge in [-0.15, -0.1) is 0 Å². The number of carbonyl (C=O) groups excluding carboxylic acids is 1. The minimum absolute atomic E-state index is 0.238. The summed E-state index contributed by atoms with van der Waals surface area (Å²) in [6, 6.07) is 13.9. The number of anilines is 1. The van der Waals surface area contributed by atoms with Crippen molar-refractivity contribution in [2.24, 2.45) is 0 Å². The molecule has 3 aromatic rings. The maximum Gasteiger partial charge on any atom is 0.196 e. The molecule has 0 saturated heterocycles. The first kappa shape index (κ1) is 17.4. The molecule has 7 nitrogen and oxygen atoms in total. The lowest BCUT2D eigenvalue weighted by molar-refractivity contribution is 0.104. The van der Waals surface area contributed by atoms with E-state index in [-0.39, 0.29) is 28.3 Å². The Balaban J connectivity index is 2.09. The van der Waals surface area contributed by atoms with Crippen molar-refractivity contribution in [1.82, 2.24) is 9.97 Å². The summed E-state index contributed by atoms with van der Waals surface area (Å²) < 4.78 is 0.581. The number of nitriles is 3. The third-order valence-corrected chi connectivity index (χ3v) is 4.97. The van der Waals surface area contributed by atoms with Crippen molar-refractivity contribution in [2.45, 2.75) is 0 Å². The Morgan fingerprint density at radius 1 is 1.04 bits per heavy atom. The number of ketones is 1. The van der Waals surface area contributed by atoms with Crippen molar-refractivity contribution in [3.8, 4) is 29.5 Å². The van der Waals surface area contributed by atoms with Crippen molar-refractivity contribution in [3.05, 3.63) is 63.5 Å². The van der Waals surface area contributed by atoms with Crippen molar-refractivity contribution in [3.63, 3.8) is 0 Å². The Morgan fingerprint density at radius 3 is 2.43 bits per heavy atom. The van der Waals surface area contributed by atoms with Crippen LogP contribution in [-0.4, -0.2) is 15.8 Å². The van der Waals surface area contributed by atoms with Gasteiger partial charge in [-0.1, -0.05) is 24.3 Å². The molecule has 0 spiro atoms. The maximum atomic E-state index is 13.3. The second-order valence-corrected chi connectivity index (χ2v) is 6.67. The van der Waals surface area contributed by atoms with Crippen LogP contribution in [0.3, 0.4) is 0 Å². The zero-order valence-electron chi connectivity index (χ0n) is 14.0. The van der Waals surface area contributed by atoms with Gasteiger partial charge in [0.05, 0.1) is 22.5 Å². The highest BCUT2D eigenvalue weighted by Crippen LogP contribution is 2.43. The first-order valence-electron chi connectivity index (χ1n) is 7.93. The Kier molecular flexibility index (Phi) is 4.08. The van der Waals surface area contributed by atoms with Crippen molar-refractivity contribution in [1.29, 1.82) is 15.8 Å². The zero-order valence-corrected chi connectivity index (χ0v) is 15.6. The first-order valence-corrected chi connectivity index (χ1v) is 8.73. The zero-order chi connectivity index (χ0) is 19.8. The third-order valence-electron chi connectivity index (χ3n) is 4.36. The molecule has 0 unspecified atom stereocenters. The Morgan fingerprint density at radius 2 is 1.75 bits per heavy atom. The lowest BCUT2D eigenvalue weighted by Gasteiger charge is -2.22. The smallest absolute Gasteiger partial charge is 0.196 e. The van der Waals surface area contributed by atoms with Crippen LogP contribution >= 0.6 is 15.9 Å². The summed E-state index contributed by atoms with van der Waals surface area (Å²) in [5.74, 6) is -0.259. The van der Waals surface area contributed by atoms with Gasteiger partial charge in [0.1, 0.15) is 30.2 Å². The number of rotatable bonds is 2. The summed E-state index contributed by atoms with van der Waals surface area (Å²) >= 11 is 3.44. The molecule has 0 bridgehead atoms. The summed E-state index contributed by atoms with van der Waals surface area (Å²) in [6.07, 6.45) is 1.43. The number of hydrogen-bond donors (Lipinski definition) is 1. The van der Waals surface area contributed by atoms with Crippen LogP contribution in [-0.2, 0) is 0 Å². The molecule has 0 saturated carbocycles. The summed E-state index contributed by atoms with van der Waals surface area (Å²) in [5, 5.41) is 30.8. The predicted octanol–water partition coefficient (Wildman–Crippen LogP) is 3.84. The number of benzene rings is 2. The Labute approximate surface area is 167 Å². The van der Waals surface area contributed by atoms with E-state index in [0.29, 0.717) is 32.2 Å². The lowest BCUT2D eigenvalue weighted by Crippen LogP contribution is -2.15. The quantitative estimate of drug-likeness (QED) is 0.482. The van der Waals surface area contributed by atoms with Crippen LogP contribution in [0, 0.1) is 34.0 Å². The molecule has 0 fully saturated rings. The monoisotopic (exact) mass is 426 g/mol. The normalized spacial score (nSPS) is 11.0. The third kappa shape index (κ3) is 2.43. The number of halogens is 1. The highest BCUT2D eigenvalue weighted by molar-refractivity contribution is 9.10. The number of nitrogens with zero attached hydrogens (tertiary/aromatic N) is 5. The van der Waals surface area contributed by atoms with Gasteiger partial charge in [0.25, 0.3) is 0 Å². The molecule has 0 amide bonds. The van der Waals surface area contributed by atoms with Crippen LogP contribution in [0.25, 0.3) is 22.2 Å². The Bertz CT molecular complexity index is 1340. The van der Waals surface area contributed by atoms with Gasteiger partial charge in [0.2, 0.25) is 0 Å². The molecule has 1 aliphatic rings. The number of aromatic nitrogens is 2. The van der Waals surface area contributed by atoms with Crippen molar-refractivity contribution < 1.29 is 4.79 Å². The van der Waals surface area contributed by atoms with Crippen LogP contribution in [0.4, 0.5) is 5.69 Å². The summed E-state index contributed by atoms with van der Waals surface area (Å²) in [7, 11) is 0. The van der Waals surface area contributed by atoms with Crippen LogP contribution in [0.2, 0.25) is 0 Å². The topological polar surface area (TPSA) is 126 Å². The summed E-state index contributed by atoms with van der Waals surface area (Å²) in [4.78, 5) is 21.9. The van der Waals surface area contributed by atoms with Gasteiger partial charge in [-0.25, -0.2) is 9.97 Å². The first-order chi connectivity index (χ1) is 13.6. The number of fused-ring (bicyclic) bond motifs is 2. The van der Waals surface area contributed by atoms with Gasteiger partial charge in [-0.3, -0.25) is 4.79 Å². The standard InChI is InChI=1S/C20H7BrN6O/c21-13-5-14(27-15(8-24)10(6-22)7-23)16-17-18(25-9-26-19(13)17)11-3-1-2-4-12(11)20(16)28/h1-5,9,27H. The maximum absolute atomic E-state index is 13.3. The molecular weight excluding hydrogens is 420 g/mol. The molecular formula is C20H7BrN6O. The van der Waals surface area contributed by atoms with E-state index in [1.165, 1.54) is 6.33 Å². The van der Waals surface area contributed by atoms with E-state index < -0.39 is 0 Å². The summed E-state index contributed by atoms with van der Waals surface area (Å²) in [6.45, 7) is 0. The molecule has 1 N–H and O–H groups in total. The van der Waals surface area contributed by atoms with E-state index in [0.717, 1.165) is 0 Å². The highest BCUT2D eigenvalue weighted by Gasteiger charge is 2.30. The van der Waals surface area contributed by atoms with Gasteiger partial charge in [-0.2, -0.15) is 15.8 Å². The average Bonchev–Trinajstić information content (AvgIpc) is 2.73. The summed E-state index contributed by atoms with van der Waals surface area (Å²) in [5.41, 5.74) is 2.28. The van der Waals surface area contributed by atoms with Crippen LogP contribution in [0.1, 0.15) is 15.9 Å². The van der Waals surface area contributed by atoms with E-state index >= 15 is 0 Å². The largest absolute Gasteiger partial charge is 0.344 e. The molecule has 1 aromatic heterocycles. The van der Waals surface area contributed by atoms with Crippen molar-refractivity contribution in [2.75, 3.05) is 5.32 Å². The van der Waals surface area contributed by atoms with Crippen LogP contribution in [0.5, 0.6) is 0 Å². The predicted molar refractivity (Wildman–Crippen MR) is 104 cm³/mol. The molecule has 4 rings (SSSR count). The molecule has 8 heteroatoms. The highest BCUT2D eigenvalue weighted by atomic mass is 79.9. The molecule has 28 heavy (non-hydrogen) atoms.